The van der Waals surface area contributed by atoms with Crippen LogP contribution in [0, 0.1) is 0 Å². The number of para-hydroxylation sites is 2. The molecule has 0 bridgehead atoms. The van der Waals surface area contributed by atoms with E-state index in [-0.39, 0.29) is 17.0 Å². The Morgan fingerprint density at radius 2 is 1.96 bits per heavy atom. The molecule has 28 heavy (non-hydrogen) atoms. The lowest BCUT2D eigenvalue weighted by atomic mass is 10.1. The molecule has 2 heterocycles. The van der Waals surface area contributed by atoms with Crippen molar-refractivity contribution in [3.05, 3.63) is 54.1 Å². The lowest BCUT2D eigenvalue weighted by molar-refractivity contribution is -0.169. The fourth-order valence-corrected chi connectivity index (χ4v) is 3.06. The standard InChI is InChI=1S/C18H13F3N4O3/c1-28-11-6-4-5-10(9-11)14(26)23-17(18(19,20)21)15(27)25-13-8-3-2-7-12(13)22-16(25)24-17/h2-9H,1H3,(H,22,24)(H,23,26)/t17-/m1/s1. The van der Waals surface area contributed by atoms with Crippen LogP contribution in [-0.2, 0) is 0 Å². The summed E-state index contributed by atoms with van der Waals surface area (Å²) in [5.41, 5.74) is -2.86. The molecule has 1 aliphatic rings. The molecule has 2 aromatic carbocycles. The predicted molar refractivity (Wildman–Crippen MR) is 93.2 cm³/mol. The fourth-order valence-electron chi connectivity index (χ4n) is 3.06. The van der Waals surface area contributed by atoms with Crippen molar-refractivity contribution >= 4 is 28.8 Å². The molecule has 1 atom stereocenters. The topological polar surface area (TPSA) is 85.2 Å². The van der Waals surface area contributed by atoms with E-state index in [1.54, 1.807) is 23.5 Å². The minimum atomic E-state index is -5.12. The number of nitrogens with one attached hydrogen (secondary N) is 2. The van der Waals surface area contributed by atoms with Crippen molar-refractivity contribution in [3.8, 4) is 5.75 Å². The van der Waals surface area contributed by atoms with Crippen molar-refractivity contribution in [3.63, 3.8) is 0 Å². The third kappa shape index (κ3) is 2.48. The zero-order valence-corrected chi connectivity index (χ0v) is 14.4. The van der Waals surface area contributed by atoms with Crippen LogP contribution in [-0.4, -0.2) is 40.3 Å². The minimum absolute atomic E-state index is 0.0908. The van der Waals surface area contributed by atoms with Gasteiger partial charge in [0.1, 0.15) is 5.75 Å². The Morgan fingerprint density at radius 3 is 2.68 bits per heavy atom. The van der Waals surface area contributed by atoms with Crippen molar-refractivity contribution in [2.45, 2.75) is 11.8 Å². The number of halogens is 3. The number of methoxy groups -OCH3 is 1. The molecule has 10 heteroatoms. The monoisotopic (exact) mass is 390 g/mol. The molecular weight excluding hydrogens is 377 g/mol. The molecular formula is C18H13F3N4O3. The van der Waals surface area contributed by atoms with Gasteiger partial charge in [-0.3, -0.25) is 9.59 Å². The molecule has 1 amide bonds. The average molecular weight is 390 g/mol. The summed E-state index contributed by atoms with van der Waals surface area (Å²) in [6.45, 7) is 0. The molecule has 7 nitrogen and oxygen atoms in total. The van der Waals surface area contributed by atoms with Gasteiger partial charge in [-0.15, -0.1) is 0 Å². The number of benzene rings is 2. The second kappa shape index (κ2) is 5.98. The summed E-state index contributed by atoms with van der Waals surface area (Å²) in [6.07, 6.45) is -5.12. The summed E-state index contributed by atoms with van der Waals surface area (Å²) in [4.78, 5) is 29.4. The Hall–Kier alpha value is -3.56. The summed E-state index contributed by atoms with van der Waals surface area (Å²) in [7, 11) is 1.36. The third-order valence-electron chi connectivity index (χ3n) is 4.44. The molecule has 1 aliphatic heterocycles. The van der Waals surface area contributed by atoms with Crippen LogP contribution in [0.3, 0.4) is 0 Å². The highest BCUT2D eigenvalue weighted by atomic mass is 19.4. The van der Waals surface area contributed by atoms with Gasteiger partial charge in [0.2, 0.25) is 5.95 Å². The van der Waals surface area contributed by atoms with Crippen molar-refractivity contribution in [2.24, 2.45) is 0 Å². The average Bonchev–Trinajstić information content (AvgIpc) is 3.16. The number of fused-ring (bicyclic) bond motifs is 3. The van der Waals surface area contributed by atoms with Gasteiger partial charge in [0.15, 0.2) is 0 Å². The number of anilines is 1. The molecule has 0 saturated heterocycles. The molecule has 3 aromatic rings. The molecule has 0 aliphatic carbocycles. The van der Waals surface area contributed by atoms with Gasteiger partial charge in [0.05, 0.1) is 18.1 Å². The number of hydrogen-bond donors (Lipinski definition) is 2. The van der Waals surface area contributed by atoms with Gasteiger partial charge in [0.25, 0.3) is 17.5 Å². The van der Waals surface area contributed by atoms with E-state index < -0.39 is 23.7 Å². The van der Waals surface area contributed by atoms with E-state index in [0.29, 0.717) is 11.3 Å². The molecule has 0 radical (unpaired) electrons. The van der Waals surface area contributed by atoms with Crippen molar-refractivity contribution in [2.75, 3.05) is 12.4 Å². The number of nitrogens with zero attached hydrogens (tertiary/aromatic N) is 2. The zero-order chi connectivity index (χ0) is 20.1. The van der Waals surface area contributed by atoms with Gasteiger partial charge in [-0.05, 0) is 30.3 Å². The largest absolute Gasteiger partial charge is 0.497 e. The van der Waals surface area contributed by atoms with Crippen molar-refractivity contribution in [1.29, 1.82) is 0 Å². The summed E-state index contributed by atoms with van der Waals surface area (Å²) in [5, 5.41) is 3.88. The highest BCUT2D eigenvalue weighted by molar-refractivity contribution is 6.08. The lowest BCUT2D eigenvalue weighted by Crippen LogP contribution is -2.67. The number of amides is 1. The number of ether oxygens (including phenoxy) is 1. The molecule has 0 spiro atoms. The maximum Gasteiger partial charge on any atom is 0.440 e. The van der Waals surface area contributed by atoms with Gasteiger partial charge < -0.3 is 15.4 Å². The Morgan fingerprint density at radius 1 is 1.21 bits per heavy atom. The summed E-state index contributed by atoms with van der Waals surface area (Å²) >= 11 is 0. The van der Waals surface area contributed by atoms with E-state index in [0.717, 1.165) is 4.57 Å². The van der Waals surface area contributed by atoms with Gasteiger partial charge in [-0.25, -0.2) is 9.55 Å². The second-order valence-corrected chi connectivity index (χ2v) is 6.12. The van der Waals surface area contributed by atoms with Gasteiger partial charge in [-0.2, -0.15) is 13.2 Å². The van der Waals surface area contributed by atoms with E-state index in [9.17, 15) is 22.8 Å². The quantitative estimate of drug-likeness (QED) is 0.719. The molecule has 1 aromatic heterocycles. The van der Waals surface area contributed by atoms with Crippen LogP contribution >= 0.6 is 0 Å². The van der Waals surface area contributed by atoms with Gasteiger partial charge >= 0.3 is 6.18 Å². The Bertz CT molecular complexity index is 1110. The van der Waals surface area contributed by atoms with Crippen LogP contribution < -0.4 is 15.4 Å². The van der Waals surface area contributed by atoms with E-state index in [2.05, 4.69) is 10.3 Å². The Kier molecular flexibility index (Phi) is 3.81. The van der Waals surface area contributed by atoms with Crippen LogP contribution in [0.25, 0.3) is 11.0 Å². The maximum atomic E-state index is 14.0. The number of carbonyl (C=O) groups is 2. The summed E-state index contributed by atoms with van der Waals surface area (Å²) in [5.74, 6) is -2.49. The van der Waals surface area contributed by atoms with E-state index in [1.165, 1.54) is 37.4 Å². The number of aromatic nitrogens is 2. The second-order valence-electron chi connectivity index (χ2n) is 6.12. The van der Waals surface area contributed by atoms with Crippen molar-refractivity contribution < 1.29 is 27.5 Å². The van der Waals surface area contributed by atoms with Gasteiger partial charge in [0, 0.05) is 5.56 Å². The van der Waals surface area contributed by atoms with Crippen LogP contribution in [0.2, 0.25) is 0 Å². The van der Waals surface area contributed by atoms with Crippen LogP contribution in [0.15, 0.2) is 48.5 Å². The SMILES string of the molecule is COc1cccc(C(=O)N[C@@]2(C(F)(F)F)Nc3nc4ccccc4n3C2=O)c1. The summed E-state index contributed by atoms with van der Waals surface area (Å²) < 4.78 is 47.7. The highest BCUT2D eigenvalue weighted by Crippen LogP contribution is 2.39. The maximum absolute atomic E-state index is 14.0. The number of alkyl halides is 3. The number of carbonyl (C=O) groups excluding carboxylic acids is 2. The van der Waals surface area contributed by atoms with Crippen LogP contribution in [0.1, 0.15) is 15.2 Å². The first kappa shape index (κ1) is 17.8. The highest BCUT2D eigenvalue weighted by Gasteiger charge is 2.66. The Balaban J connectivity index is 1.76. The van der Waals surface area contributed by atoms with E-state index in [1.807, 2.05) is 0 Å². The third-order valence-corrected chi connectivity index (χ3v) is 4.44. The van der Waals surface area contributed by atoms with Gasteiger partial charge in [-0.1, -0.05) is 18.2 Å². The number of hydrogen-bond acceptors (Lipinski definition) is 5. The minimum Gasteiger partial charge on any atom is -0.497 e. The number of imidazole rings is 1. The first-order valence-electron chi connectivity index (χ1n) is 8.10. The van der Waals surface area contributed by atoms with E-state index >= 15 is 0 Å². The predicted octanol–water partition coefficient (Wildman–Crippen LogP) is 2.80. The smallest absolute Gasteiger partial charge is 0.440 e. The molecule has 4 rings (SSSR count). The molecule has 0 fully saturated rings. The lowest BCUT2D eigenvalue weighted by Gasteiger charge is -2.30. The van der Waals surface area contributed by atoms with Crippen LogP contribution in [0.5, 0.6) is 5.75 Å². The first-order valence-corrected chi connectivity index (χ1v) is 8.10. The zero-order valence-electron chi connectivity index (χ0n) is 14.4. The first-order chi connectivity index (χ1) is 13.3. The van der Waals surface area contributed by atoms with Crippen LogP contribution in [0.4, 0.5) is 19.1 Å². The number of rotatable bonds is 3. The molecule has 0 unspecified atom stereocenters. The van der Waals surface area contributed by atoms with E-state index in [4.69, 9.17) is 4.74 Å². The molecule has 2 N–H and O–H groups in total. The Labute approximate surface area is 156 Å². The summed E-state index contributed by atoms with van der Waals surface area (Å²) in [6, 6.07) is 11.8. The van der Waals surface area contributed by atoms with Crippen molar-refractivity contribution in [1.82, 2.24) is 14.9 Å². The molecule has 0 saturated carbocycles. The fraction of sp³-hybridized carbons (Fsp3) is 0.167. The normalized spacial score (nSPS) is 18.6. The molecule has 144 valence electrons.